The highest BCUT2D eigenvalue weighted by Gasteiger charge is 2.32. The van der Waals surface area contributed by atoms with Crippen LogP contribution in [0.2, 0.25) is 0 Å². The number of likely N-dealkylation sites (N-methyl/N-ethyl adjacent to an activating group) is 1. The summed E-state index contributed by atoms with van der Waals surface area (Å²) in [5.41, 5.74) is 8.27. The molecule has 0 saturated carbocycles. The zero-order valence-electron chi connectivity index (χ0n) is 14.6. The van der Waals surface area contributed by atoms with Gasteiger partial charge in [-0.05, 0) is 48.5 Å². The van der Waals surface area contributed by atoms with Crippen molar-refractivity contribution in [2.75, 3.05) is 14.1 Å². The quantitative estimate of drug-likeness (QED) is 0.292. The van der Waals surface area contributed by atoms with Gasteiger partial charge in [-0.25, -0.2) is 0 Å². The molecule has 0 fully saturated rings. The summed E-state index contributed by atoms with van der Waals surface area (Å²) < 4.78 is 67.7. The molecule has 2 aromatic rings. The number of halogens is 4. The molecule has 148 valence electrons. The topological polar surface area (TPSA) is 86.1 Å². The van der Waals surface area contributed by atoms with Gasteiger partial charge in [0.1, 0.15) is 0 Å². The molecule has 28 heavy (non-hydrogen) atoms. The third-order valence-corrected chi connectivity index (χ3v) is 5.35. The maximum Gasteiger partial charge on any atom is 0.416 e. The molecular formula is C17H14BrF3N4O2S. The van der Waals surface area contributed by atoms with Crippen LogP contribution in [0.4, 0.5) is 13.2 Å². The molecule has 0 spiro atoms. The Balaban J connectivity index is 2.53. The Bertz CT molecular complexity index is 1040. The molecule has 0 N–H and O–H groups in total. The number of alkyl halides is 3. The zero-order chi connectivity index (χ0) is 21.1. The van der Waals surface area contributed by atoms with Crippen molar-refractivity contribution < 1.29 is 26.4 Å². The smallest absolute Gasteiger partial charge is 0.361 e. The molecule has 6 nitrogen and oxygen atoms in total. The molecule has 0 aliphatic rings. The van der Waals surface area contributed by atoms with Crippen LogP contribution in [0.3, 0.4) is 0 Å². The fourth-order valence-electron chi connectivity index (χ4n) is 2.16. The number of sulfonamides is 1. The lowest BCUT2D eigenvalue weighted by Gasteiger charge is -2.13. The zero-order valence-corrected chi connectivity index (χ0v) is 17.0. The first-order valence-corrected chi connectivity index (χ1v) is 9.87. The Kier molecular flexibility index (Phi) is 6.43. The Labute approximate surface area is 168 Å². The summed E-state index contributed by atoms with van der Waals surface area (Å²) in [5.74, 6) is -0.245. The van der Waals surface area contributed by atoms with E-state index in [0.717, 1.165) is 24.3 Å². The number of benzene rings is 2. The first kappa shape index (κ1) is 21.8. The molecule has 0 atom stereocenters. The number of nitrogens with zero attached hydrogens (tertiary/aromatic N) is 4. The van der Waals surface area contributed by atoms with Crippen LogP contribution >= 0.6 is 15.9 Å². The molecule has 11 heteroatoms. The van der Waals surface area contributed by atoms with Crippen molar-refractivity contribution in [1.29, 1.82) is 0 Å². The molecule has 0 aliphatic heterocycles. The van der Waals surface area contributed by atoms with Crippen molar-refractivity contribution in [1.82, 2.24) is 4.90 Å². The molecule has 0 radical (unpaired) electrons. The van der Waals surface area contributed by atoms with Crippen LogP contribution in [0, 0.1) is 0 Å². The van der Waals surface area contributed by atoms with Gasteiger partial charge in [-0.2, -0.15) is 26.4 Å². The Morgan fingerprint density at radius 3 is 2.04 bits per heavy atom. The fourth-order valence-corrected chi connectivity index (χ4v) is 3.49. The first-order valence-electron chi connectivity index (χ1n) is 7.63. The van der Waals surface area contributed by atoms with Crippen molar-refractivity contribution in [3.63, 3.8) is 0 Å². The molecule has 0 heterocycles. The molecule has 0 aliphatic carbocycles. The van der Waals surface area contributed by atoms with Gasteiger partial charge in [-0.15, -0.1) is 4.40 Å². The van der Waals surface area contributed by atoms with Gasteiger partial charge in [0.2, 0.25) is 5.84 Å². The van der Waals surface area contributed by atoms with Crippen LogP contribution in [-0.2, 0) is 16.2 Å². The van der Waals surface area contributed by atoms with Crippen LogP contribution in [-0.4, -0.2) is 43.8 Å². The second kappa shape index (κ2) is 8.26. The van der Waals surface area contributed by atoms with Crippen LogP contribution in [0.15, 0.2) is 62.3 Å². The minimum Gasteiger partial charge on any atom is -0.361 e. The maximum atomic E-state index is 12.7. The van der Waals surface area contributed by atoms with Crippen molar-refractivity contribution in [2.24, 2.45) is 4.40 Å². The molecular weight excluding hydrogens is 461 g/mol. The van der Waals surface area contributed by atoms with E-state index in [2.05, 4.69) is 25.1 Å². The largest absolute Gasteiger partial charge is 0.416 e. The van der Waals surface area contributed by atoms with Crippen molar-refractivity contribution in [2.45, 2.75) is 11.1 Å². The number of hydrogen-bond acceptors (Lipinski definition) is 2. The van der Waals surface area contributed by atoms with Crippen LogP contribution < -0.4 is 0 Å². The van der Waals surface area contributed by atoms with E-state index in [1.165, 1.54) is 43.3 Å². The lowest BCUT2D eigenvalue weighted by molar-refractivity contribution is -0.137. The van der Waals surface area contributed by atoms with E-state index < -0.39 is 21.8 Å². The molecule has 2 aromatic carbocycles. The normalized spacial score (nSPS) is 12.4. The molecule has 2 rings (SSSR count). The highest BCUT2D eigenvalue weighted by molar-refractivity contribution is 9.10. The van der Waals surface area contributed by atoms with Gasteiger partial charge in [0.05, 0.1) is 16.0 Å². The molecule has 0 aromatic heterocycles. The number of rotatable bonds is 4. The van der Waals surface area contributed by atoms with Crippen molar-refractivity contribution >= 4 is 37.5 Å². The van der Waals surface area contributed by atoms with E-state index in [0.29, 0.717) is 4.47 Å². The second-order valence-corrected chi connectivity index (χ2v) is 8.28. The van der Waals surface area contributed by atoms with Crippen LogP contribution in [0.25, 0.3) is 5.53 Å². The van der Waals surface area contributed by atoms with Gasteiger partial charge >= 0.3 is 11.9 Å². The van der Waals surface area contributed by atoms with E-state index in [1.54, 1.807) is 0 Å². The summed E-state index contributed by atoms with van der Waals surface area (Å²) in [4.78, 5) is 4.24. The lowest BCUT2D eigenvalue weighted by atomic mass is 10.1. The van der Waals surface area contributed by atoms with Crippen molar-refractivity contribution in [3.05, 3.63) is 69.7 Å². The highest BCUT2D eigenvalue weighted by atomic mass is 79.9. The average Bonchev–Trinajstić information content (AvgIpc) is 2.61. The summed E-state index contributed by atoms with van der Waals surface area (Å²) in [6.45, 7) is 0. The second-order valence-electron chi connectivity index (χ2n) is 5.76. The third kappa shape index (κ3) is 5.06. The monoisotopic (exact) mass is 474 g/mol. The van der Waals surface area contributed by atoms with Gasteiger partial charge in [-0.3, -0.25) is 0 Å². The van der Waals surface area contributed by atoms with E-state index in [1.807, 2.05) is 0 Å². The van der Waals surface area contributed by atoms with Gasteiger partial charge < -0.3 is 10.4 Å². The van der Waals surface area contributed by atoms with Gasteiger partial charge in [0.25, 0.3) is 10.0 Å². The van der Waals surface area contributed by atoms with Gasteiger partial charge in [-0.1, -0.05) is 15.9 Å². The molecule has 0 unspecified atom stereocenters. The van der Waals surface area contributed by atoms with E-state index in [9.17, 15) is 27.1 Å². The Hall–Kier alpha value is -2.49. The summed E-state index contributed by atoms with van der Waals surface area (Å²) in [5, 5.41) is 0. The van der Waals surface area contributed by atoms with E-state index >= 15 is 0 Å². The SMILES string of the molecule is CN(C)/C(=N/S(=O)(=O)c1ccc(Br)cc1)C(=[N+]=[N-])c1ccc(C(F)(F)F)cc1. The molecule has 0 saturated heterocycles. The maximum absolute atomic E-state index is 12.7. The minimum absolute atomic E-state index is 0.0638. The Morgan fingerprint density at radius 1 is 1.07 bits per heavy atom. The number of amidine groups is 1. The average molecular weight is 475 g/mol. The molecule has 0 amide bonds. The predicted octanol–water partition coefficient (Wildman–Crippen LogP) is 3.84. The van der Waals surface area contributed by atoms with E-state index in [-0.39, 0.29) is 22.0 Å². The summed E-state index contributed by atoms with van der Waals surface area (Å²) in [6, 6.07) is 9.47. The standard InChI is InChI=1S/C17H14BrF3N4O2S/c1-25(2)16(24-28(26,27)14-9-7-13(18)8-10-14)15(23-22)11-3-5-12(6-4-11)17(19,20)21/h3-10H,1-2H3/b24-16+. The van der Waals surface area contributed by atoms with Crippen LogP contribution in [0.1, 0.15) is 11.1 Å². The Morgan fingerprint density at radius 2 is 1.61 bits per heavy atom. The summed E-state index contributed by atoms with van der Waals surface area (Å²) in [6.07, 6.45) is -4.53. The predicted molar refractivity (Wildman–Crippen MR) is 102 cm³/mol. The van der Waals surface area contributed by atoms with E-state index in [4.69, 9.17) is 0 Å². The summed E-state index contributed by atoms with van der Waals surface area (Å²) >= 11 is 3.20. The first-order chi connectivity index (χ1) is 13.0. The summed E-state index contributed by atoms with van der Waals surface area (Å²) in [7, 11) is -1.24. The lowest BCUT2D eigenvalue weighted by Crippen LogP contribution is -2.32. The minimum atomic E-state index is -4.53. The highest BCUT2D eigenvalue weighted by Crippen LogP contribution is 2.29. The van der Waals surface area contributed by atoms with Gasteiger partial charge in [0, 0.05) is 18.6 Å². The van der Waals surface area contributed by atoms with Crippen molar-refractivity contribution in [3.8, 4) is 0 Å². The van der Waals surface area contributed by atoms with Crippen LogP contribution in [0.5, 0.6) is 0 Å². The molecule has 0 bridgehead atoms. The fraction of sp³-hybridized carbons (Fsp3) is 0.176. The third-order valence-electron chi connectivity index (χ3n) is 3.54. The van der Waals surface area contributed by atoms with Gasteiger partial charge in [0.15, 0.2) is 0 Å². The number of hydrogen-bond donors (Lipinski definition) is 0.